The van der Waals surface area contributed by atoms with E-state index < -0.39 is 6.10 Å². The van der Waals surface area contributed by atoms with Crippen LogP contribution in [-0.4, -0.2) is 11.7 Å². The molecule has 21 heavy (non-hydrogen) atoms. The molecule has 1 fully saturated rings. The summed E-state index contributed by atoms with van der Waals surface area (Å²) in [5.74, 6) is -0.572. The number of aliphatic hydroxyl groups is 1. The summed E-state index contributed by atoms with van der Waals surface area (Å²) in [7, 11) is 0. The quantitative estimate of drug-likeness (QED) is 0.885. The van der Waals surface area contributed by atoms with E-state index in [4.69, 9.17) is 0 Å². The molecule has 0 aromatic heterocycles. The van der Waals surface area contributed by atoms with Gasteiger partial charge in [-0.05, 0) is 48.2 Å². The lowest BCUT2D eigenvalue weighted by Gasteiger charge is -2.21. The molecule has 0 heterocycles. The first kappa shape index (κ1) is 14.2. The van der Waals surface area contributed by atoms with E-state index in [1.54, 1.807) is 18.2 Å². The number of aliphatic hydroxyl groups excluding tert-OH is 1. The van der Waals surface area contributed by atoms with Crippen molar-refractivity contribution in [2.75, 3.05) is 6.54 Å². The molecule has 1 aliphatic rings. The SMILES string of the molecule is OC(CNC1(c2cccc(F)c2)CC1)c1ccc(F)cc1. The van der Waals surface area contributed by atoms with Crippen LogP contribution in [0.15, 0.2) is 48.5 Å². The van der Waals surface area contributed by atoms with E-state index in [-0.39, 0.29) is 17.2 Å². The second-order valence-corrected chi connectivity index (χ2v) is 5.54. The molecule has 1 atom stereocenters. The smallest absolute Gasteiger partial charge is 0.123 e. The van der Waals surface area contributed by atoms with E-state index in [1.165, 1.54) is 24.3 Å². The van der Waals surface area contributed by atoms with Crippen LogP contribution in [0.2, 0.25) is 0 Å². The monoisotopic (exact) mass is 289 g/mol. The van der Waals surface area contributed by atoms with Crippen LogP contribution in [-0.2, 0) is 5.54 Å². The van der Waals surface area contributed by atoms with Gasteiger partial charge in [-0.15, -0.1) is 0 Å². The van der Waals surface area contributed by atoms with Gasteiger partial charge in [-0.25, -0.2) is 8.78 Å². The molecule has 0 amide bonds. The van der Waals surface area contributed by atoms with Gasteiger partial charge >= 0.3 is 0 Å². The predicted octanol–water partition coefficient (Wildman–Crippen LogP) is 3.28. The summed E-state index contributed by atoms with van der Waals surface area (Å²) in [4.78, 5) is 0. The average Bonchev–Trinajstić information content (AvgIpc) is 3.27. The van der Waals surface area contributed by atoms with Crippen molar-refractivity contribution in [3.05, 3.63) is 71.3 Å². The highest BCUT2D eigenvalue weighted by Crippen LogP contribution is 2.45. The van der Waals surface area contributed by atoms with E-state index in [0.29, 0.717) is 12.1 Å². The molecular formula is C17H17F2NO. The van der Waals surface area contributed by atoms with Crippen LogP contribution in [0.3, 0.4) is 0 Å². The second kappa shape index (κ2) is 5.54. The highest BCUT2D eigenvalue weighted by Gasteiger charge is 2.44. The maximum atomic E-state index is 13.3. The summed E-state index contributed by atoms with van der Waals surface area (Å²) < 4.78 is 26.2. The highest BCUT2D eigenvalue weighted by atomic mass is 19.1. The van der Waals surface area contributed by atoms with Gasteiger partial charge in [0.2, 0.25) is 0 Å². The first-order chi connectivity index (χ1) is 10.1. The molecule has 2 aromatic carbocycles. The summed E-state index contributed by atoms with van der Waals surface area (Å²) in [6.45, 7) is 0.349. The molecule has 2 aromatic rings. The third-order valence-corrected chi connectivity index (χ3v) is 4.02. The van der Waals surface area contributed by atoms with Crippen molar-refractivity contribution in [1.29, 1.82) is 0 Å². The Balaban J connectivity index is 1.66. The standard InChI is InChI=1S/C17H17F2NO/c18-14-6-4-12(5-7-14)16(21)11-20-17(8-9-17)13-2-1-3-15(19)10-13/h1-7,10,16,20-21H,8-9,11H2. The number of halogens is 2. The first-order valence-electron chi connectivity index (χ1n) is 7.04. The predicted molar refractivity (Wildman–Crippen MR) is 76.7 cm³/mol. The molecule has 1 unspecified atom stereocenters. The minimum atomic E-state index is -0.711. The zero-order valence-electron chi connectivity index (χ0n) is 11.5. The molecule has 4 heteroatoms. The fourth-order valence-corrected chi connectivity index (χ4v) is 2.57. The maximum absolute atomic E-state index is 13.3. The molecule has 3 rings (SSSR count). The molecule has 0 bridgehead atoms. The maximum Gasteiger partial charge on any atom is 0.123 e. The van der Waals surface area contributed by atoms with Gasteiger partial charge in [-0.3, -0.25) is 0 Å². The van der Waals surface area contributed by atoms with E-state index in [1.807, 2.05) is 6.07 Å². The Bertz CT molecular complexity index is 623. The lowest BCUT2D eigenvalue weighted by atomic mass is 10.0. The molecule has 110 valence electrons. The molecule has 0 aliphatic heterocycles. The van der Waals surface area contributed by atoms with Crippen LogP contribution < -0.4 is 5.32 Å². The molecular weight excluding hydrogens is 272 g/mol. The van der Waals surface area contributed by atoms with Gasteiger partial charge in [0.15, 0.2) is 0 Å². The largest absolute Gasteiger partial charge is 0.387 e. The van der Waals surface area contributed by atoms with E-state index >= 15 is 0 Å². The lowest BCUT2D eigenvalue weighted by molar-refractivity contribution is 0.167. The molecule has 0 radical (unpaired) electrons. The Labute approximate surface area is 122 Å². The number of rotatable bonds is 5. The van der Waals surface area contributed by atoms with Crippen LogP contribution in [0.4, 0.5) is 8.78 Å². The molecule has 2 N–H and O–H groups in total. The van der Waals surface area contributed by atoms with Gasteiger partial charge in [0.05, 0.1) is 6.10 Å². The number of benzene rings is 2. The third-order valence-electron chi connectivity index (χ3n) is 4.02. The van der Waals surface area contributed by atoms with Crippen molar-refractivity contribution < 1.29 is 13.9 Å². The van der Waals surface area contributed by atoms with Crippen molar-refractivity contribution in [1.82, 2.24) is 5.32 Å². The van der Waals surface area contributed by atoms with Gasteiger partial charge in [-0.2, -0.15) is 0 Å². The molecule has 0 spiro atoms. The normalized spacial score (nSPS) is 17.5. The zero-order chi connectivity index (χ0) is 14.9. The minimum absolute atomic E-state index is 0.233. The Kier molecular flexibility index (Phi) is 3.74. The van der Waals surface area contributed by atoms with Crippen molar-refractivity contribution in [3.8, 4) is 0 Å². The fourth-order valence-electron chi connectivity index (χ4n) is 2.57. The van der Waals surface area contributed by atoms with Gasteiger partial charge in [-0.1, -0.05) is 24.3 Å². The molecule has 1 aliphatic carbocycles. The second-order valence-electron chi connectivity index (χ2n) is 5.54. The Morgan fingerprint density at radius 1 is 1.05 bits per heavy atom. The van der Waals surface area contributed by atoms with E-state index in [0.717, 1.165) is 18.4 Å². The van der Waals surface area contributed by atoms with Gasteiger partial charge in [0.1, 0.15) is 11.6 Å². The van der Waals surface area contributed by atoms with Gasteiger partial charge < -0.3 is 10.4 Å². The Morgan fingerprint density at radius 2 is 1.76 bits per heavy atom. The van der Waals surface area contributed by atoms with Crippen LogP contribution in [0.5, 0.6) is 0 Å². The summed E-state index contributed by atoms with van der Waals surface area (Å²) in [6, 6.07) is 12.4. The van der Waals surface area contributed by atoms with Crippen molar-refractivity contribution >= 4 is 0 Å². The van der Waals surface area contributed by atoms with Crippen LogP contribution in [0, 0.1) is 11.6 Å². The van der Waals surface area contributed by atoms with Gasteiger partial charge in [0, 0.05) is 12.1 Å². The summed E-state index contributed by atoms with van der Waals surface area (Å²) in [6.07, 6.45) is 1.13. The van der Waals surface area contributed by atoms with Gasteiger partial charge in [0.25, 0.3) is 0 Å². The Hall–Kier alpha value is -1.78. The first-order valence-corrected chi connectivity index (χ1v) is 7.04. The zero-order valence-corrected chi connectivity index (χ0v) is 11.5. The van der Waals surface area contributed by atoms with Crippen molar-refractivity contribution in [3.63, 3.8) is 0 Å². The summed E-state index contributed by atoms with van der Waals surface area (Å²) in [5, 5.41) is 13.5. The summed E-state index contributed by atoms with van der Waals surface area (Å²) in [5.41, 5.74) is 1.34. The lowest BCUT2D eigenvalue weighted by Crippen LogP contribution is -2.32. The fraction of sp³-hybridized carbons (Fsp3) is 0.294. The minimum Gasteiger partial charge on any atom is -0.387 e. The molecule has 0 saturated heterocycles. The summed E-state index contributed by atoms with van der Waals surface area (Å²) >= 11 is 0. The molecule has 1 saturated carbocycles. The van der Waals surface area contributed by atoms with Crippen LogP contribution in [0.1, 0.15) is 30.1 Å². The number of hydrogen-bond donors (Lipinski definition) is 2. The van der Waals surface area contributed by atoms with Crippen molar-refractivity contribution in [2.45, 2.75) is 24.5 Å². The molecule has 2 nitrogen and oxygen atoms in total. The number of hydrogen-bond acceptors (Lipinski definition) is 2. The Morgan fingerprint density at radius 3 is 2.38 bits per heavy atom. The van der Waals surface area contributed by atoms with E-state index in [2.05, 4.69) is 5.32 Å². The van der Waals surface area contributed by atoms with E-state index in [9.17, 15) is 13.9 Å². The number of nitrogens with one attached hydrogen (secondary N) is 1. The third kappa shape index (κ3) is 3.12. The average molecular weight is 289 g/mol. The van der Waals surface area contributed by atoms with Crippen LogP contribution >= 0.6 is 0 Å². The van der Waals surface area contributed by atoms with Crippen LogP contribution in [0.25, 0.3) is 0 Å². The van der Waals surface area contributed by atoms with Crippen molar-refractivity contribution in [2.24, 2.45) is 0 Å². The topological polar surface area (TPSA) is 32.3 Å². The highest BCUT2D eigenvalue weighted by molar-refractivity contribution is 5.31.